The Balaban J connectivity index is 1.39. The van der Waals surface area contributed by atoms with Crippen LogP contribution < -0.4 is 0 Å². The first kappa shape index (κ1) is 17.8. The zero-order valence-electron chi connectivity index (χ0n) is 16.1. The van der Waals surface area contributed by atoms with E-state index in [4.69, 9.17) is 0 Å². The first-order valence-corrected chi connectivity index (χ1v) is 10.6. The summed E-state index contributed by atoms with van der Waals surface area (Å²) in [6, 6.07) is 4.24. The van der Waals surface area contributed by atoms with Crippen LogP contribution in [0, 0.1) is 13.8 Å². The van der Waals surface area contributed by atoms with Gasteiger partial charge in [-0.05, 0) is 51.7 Å². The lowest BCUT2D eigenvalue weighted by Crippen LogP contribution is -2.54. The lowest BCUT2D eigenvalue weighted by atomic mass is 9.85. The highest BCUT2D eigenvalue weighted by molar-refractivity contribution is 7.13. The molecule has 1 amide bonds. The van der Waals surface area contributed by atoms with E-state index in [1.807, 2.05) is 37.2 Å². The molecule has 0 spiro atoms. The van der Waals surface area contributed by atoms with Gasteiger partial charge in [0.25, 0.3) is 5.91 Å². The van der Waals surface area contributed by atoms with E-state index in [-0.39, 0.29) is 18.0 Å². The van der Waals surface area contributed by atoms with Crippen LogP contribution in [0.3, 0.4) is 0 Å². The summed E-state index contributed by atoms with van der Waals surface area (Å²) in [5.41, 5.74) is 1.06. The van der Waals surface area contributed by atoms with Gasteiger partial charge in [0.15, 0.2) is 0 Å². The third-order valence-electron chi connectivity index (χ3n) is 6.22. The molecular weight excluding hydrogens is 372 g/mol. The van der Waals surface area contributed by atoms with Crippen LogP contribution in [-0.4, -0.2) is 48.1 Å². The Morgan fingerprint density at radius 1 is 1.29 bits per heavy atom. The average molecular weight is 397 g/mol. The van der Waals surface area contributed by atoms with Crippen molar-refractivity contribution in [1.82, 2.24) is 19.4 Å². The summed E-state index contributed by atoms with van der Waals surface area (Å²) in [7, 11) is 0. The number of hydrogen-bond acceptors (Lipinski definition) is 5. The maximum atomic E-state index is 13.2. The molecule has 1 N–H and O–H groups in total. The van der Waals surface area contributed by atoms with E-state index >= 15 is 0 Å². The Labute approximate surface area is 167 Å². The first-order valence-electron chi connectivity index (χ1n) is 9.81. The van der Waals surface area contributed by atoms with Gasteiger partial charge in [-0.2, -0.15) is 0 Å². The van der Waals surface area contributed by atoms with Gasteiger partial charge in [-0.25, -0.2) is 4.98 Å². The molecule has 0 radical (unpaired) electrons. The monoisotopic (exact) mass is 396 g/mol. The molecule has 2 aliphatic heterocycles. The maximum absolute atomic E-state index is 13.2. The van der Waals surface area contributed by atoms with E-state index in [2.05, 4.69) is 20.6 Å². The van der Waals surface area contributed by atoms with Crippen LogP contribution in [-0.2, 0) is 6.54 Å². The zero-order chi connectivity index (χ0) is 19.5. The van der Waals surface area contributed by atoms with Gasteiger partial charge in [0.2, 0.25) is 0 Å². The molecule has 7 heteroatoms. The summed E-state index contributed by atoms with van der Waals surface area (Å²) in [6.45, 7) is 4.38. The van der Waals surface area contributed by atoms with Gasteiger partial charge in [-0.15, -0.1) is 11.3 Å². The molecule has 1 unspecified atom stereocenters. The number of aromatic nitrogens is 3. The predicted molar refractivity (Wildman–Crippen MR) is 108 cm³/mol. The SMILES string of the molecule is Cc1nc(C)c(C(=O)N2[C@@H]3CC[C@H]2CC(O)(Cn2ccc4ccncc42)C3)s1. The minimum Gasteiger partial charge on any atom is -0.388 e. The first-order chi connectivity index (χ1) is 13.4. The topological polar surface area (TPSA) is 71.2 Å². The molecule has 5 rings (SSSR count). The quantitative estimate of drug-likeness (QED) is 0.737. The molecule has 2 aliphatic rings. The number of carbonyl (C=O) groups excluding carboxylic acids is 1. The van der Waals surface area contributed by atoms with E-state index in [0.717, 1.165) is 39.3 Å². The molecule has 2 fully saturated rings. The van der Waals surface area contributed by atoms with Crippen LogP contribution in [0.25, 0.3) is 10.9 Å². The van der Waals surface area contributed by atoms with Crippen molar-refractivity contribution in [2.24, 2.45) is 0 Å². The van der Waals surface area contributed by atoms with Crippen molar-refractivity contribution in [3.8, 4) is 0 Å². The van der Waals surface area contributed by atoms with Crippen molar-refractivity contribution in [2.75, 3.05) is 0 Å². The van der Waals surface area contributed by atoms with Gasteiger partial charge >= 0.3 is 0 Å². The van der Waals surface area contributed by atoms with Crippen LogP contribution >= 0.6 is 11.3 Å². The van der Waals surface area contributed by atoms with Gasteiger partial charge in [-0.1, -0.05) is 0 Å². The molecule has 0 aliphatic carbocycles. The summed E-state index contributed by atoms with van der Waals surface area (Å²) >= 11 is 1.48. The van der Waals surface area contributed by atoms with Crippen LogP contribution in [0.5, 0.6) is 0 Å². The van der Waals surface area contributed by atoms with Crippen molar-refractivity contribution < 1.29 is 9.90 Å². The molecule has 3 atom stereocenters. The highest BCUT2D eigenvalue weighted by Gasteiger charge is 2.50. The third-order valence-corrected chi connectivity index (χ3v) is 7.29. The summed E-state index contributed by atoms with van der Waals surface area (Å²) in [6.07, 6.45) is 8.81. The number of pyridine rings is 1. The van der Waals surface area contributed by atoms with Gasteiger partial charge in [0, 0.05) is 29.9 Å². The highest BCUT2D eigenvalue weighted by atomic mass is 32.1. The summed E-state index contributed by atoms with van der Waals surface area (Å²) < 4.78 is 2.09. The number of carbonyl (C=O) groups is 1. The highest BCUT2D eigenvalue weighted by Crippen LogP contribution is 2.43. The number of aryl methyl sites for hydroxylation is 2. The van der Waals surface area contributed by atoms with Gasteiger partial charge in [0.05, 0.1) is 34.6 Å². The van der Waals surface area contributed by atoms with Crippen molar-refractivity contribution in [3.05, 3.63) is 46.3 Å². The minimum absolute atomic E-state index is 0.0910. The largest absolute Gasteiger partial charge is 0.388 e. The Morgan fingerprint density at radius 2 is 2.04 bits per heavy atom. The van der Waals surface area contributed by atoms with Crippen LogP contribution in [0.15, 0.2) is 30.7 Å². The maximum Gasteiger partial charge on any atom is 0.266 e. The van der Waals surface area contributed by atoms with E-state index in [0.29, 0.717) is 19.4 Å². The second kappa shape index (κ2) is 6.39. The average Bonchev–Trinajstić information content (AvgIpc) is 3.29. The fraction of sp³-hybridized carbons (Fsp3) is 0.476. The molecule has 3 aromatic heterocycles. The van der Waals surface area contributed by atoms with Crippen molar-refractivity contribution >= 4 is 28.1 Å². The minimum atomic E-state index is -0.803. The number of piperidine rings is 1. The Kier molecular flexibility index (Phi) is 4.07. The second-order valence-electron chi connectivity index (χ2n) is 8.26. The number of aliphatic hydroxyl groups is 1. The fourth-order valence-corrected chi connectivity index (χ4v) is 5.98. The Bertz CT molecular complexity index is 1040. The van der Waals surface area contributed by atoms with Crippen LogP contribution in [0.1, 0.15) is 46.1 Å². The van der Waals surface area contributed by atoms with Crippen molar-refractivity contribution in [1.29, 1.82) is 0 Å². The zero-order valence-corrected chi connectivity index (χ0v) is 16.9. The lowest BCUT2D eigenvalue weighted by molar-refractivity contribution is -0.0532. The number of thiazole rings is 1. The Hall–Kier alpha value is -2.25. The molecule has 6 nitrogen and oxygen atoms in total. The molecule has 2 saturated heterocycles. The van der Waals surface area contributed by atoms with E-state index in [9.17, 15) is 9.90 Å². The normalized spacial score (nSPS) is 26.9. The molecule has 5 heterocycles. The van der Waals surface area contributed by atoms with Crippen LogP contribution in [0.4, 0.5) is 0 Å². The van der Waals surface area contributed by atoms with E-state index < -0.39 is 5.60 Å². The molecule has 0 aromatic carbocycles. The number of nitrogens with zero attached hydrogens (tertiary/aromatic N) is 4. The number of amides is 1. The van der Waals surface area contributed by atoms with Crippen molar-refractivity contribution in [2.45, 2.75) is 63.8 Å². The second-order valence-corrected chi connectivity index (χ2v) is 9.46. The molecule has 146 valence electrons. The molecule has 0 saturated carbocycles. The summed E-state index contributed by atoms with van der Waals surface area (Å²) in [5.74, 6) is 0.0910. The van der Waals surface area contributed by atoms with Gasteiger partial charge in [-0.3, -0.25) is 9.78 Å². The smallest absolute Gasteiger partial charge is 0.266 e. The Morgan fingerprint density at radius 3 is 2.71 bits per heavy atom. The van der Waals surface area contributed by atoms with Crippen molar-refractivity contribution in [3.63, 3.8) is 0 Å². The third kappa shape index (κ3) is 2.84. The summed E-state index contributed by atoms with van der Waals surface area (Å²) in [5, 5.41) is 13.5. The number of hydrogen-bond donors (Lipinski definition) is 1. The van der Waals surface area contributed by atoms with Gasteiger partial charge in [0.1, 0.15) is 4.88 Å². The molecule has 2 bridgehead atoms. The van der Waals surface area contributed by atoms with E-state index in [1.54, 1.807) is 6.20 Å². The summed E-state index contributed by atoms with van der Waals surface area (Å²) in [4.78, 5) is 24.6. The van der Waals surface area contributed by atoms with Gasteiger partial charge < -0.3 is 14.6 Å². The molecule has 28 heavy (non-hydrogen) atoms. The predicted octanol–water partition coefficient (Wildman–Crippen LogP) is 3.31. The fourth-order valence-electron chi connectivity index (χ4n) is 5.11. The van der Waals surface area contributed by atoms with Crippen LogP contribution in [0.2, 0.25) is 0 Å². The molecule has 3 aromatic rings. The standard InChI is InChI=1S/C21H24N4O2S/c1-13-19(28-14(2)23-13)20(26)25-16-3-4-17(25)10-21(27,9-16)12-24-8-6-15-5-7-22-11-18(15)24/h5-8,11,16-17,27H,3-4,9-10,12H2,1-2H3/t16-,17+,21?. The molecular formula is C21H24N4O2S. The van der Waals surface area contributed by atoms with E-state index in [1.165, 1.54) is 11.3 Å². The lowest BCUT2D eigenvalue weighted by Gasteiger charge is -2.44. The number of fused-ring (bicyclic) bond motifs is 3. The number of rotatable bonds is 3.